The van der Waals surface area contributed by atoms with Crippen molar-refractivity contribution in [1.82, 2.24) is 9.97 Å². The highest BCUT2D eigenvalue weighted by Crippen LogP contribution is 2.31. The number of carbonyl (C=O) groups excluding carboxylic acids is 2. The molecule has 1 amide bonds. The fourth-order valence-electron chi connectivity index (χ4n) is 4.23. The lowest BCUT2D eigenvalue weighted by Crippen LogP contribution is -2.30. The molecule has 0 aliphatic carbocycles. The minimum atomic E-state index is -1.10. The van der Waals surface area contributed by atoms with E-state index < -0.39 is 23.9 Å². The monoisotopic (exact) mass is 545 g/mol. The SMILES string of the molecule is Cc1ccc(-c2nc3ccc(C(=O)OC(C)C(=O)Nc4ccc(C(=O)O)cc4)cc3nc2-c2ccc(C)cc2)cc1. The number of aromatic carboxylic acids is 1. The molecule has 41 heavy (non-hydrogen) atoms. The maximum Gasteiger partial charge on any atom is 0.338 e. The zero-order valence-corrected chi connectivity index (χ0v) is 22.7. The van der Waals surface area contributed by atoms with Gasteiger partial charge in [0.15, 0.2) is 6.10 Å². The predicted molar refractivity (Wildman–Crippen MR) is 157 cm³/mol. The molecule has 0 saturated carbocycles. The maximum absolute atomic E-state index is 13.0. The smallest absolute Gasteiger partial charge is 0.338 e. The summed E-state index contributed by atoms with van der Waals surface area (Å²) in [7, 11) is 0. The van der Waals surface area contributed by atoms with E-state index in [9.17, 15) is 14.4 Å². The number of aromatic nitrogens is 2. The second-order valence-electron chi connectivity index (χ2n) is 9.78. The predicted octanol–water partition coefficient (Wildman–Crippen LogP) is 6.46. The lowest BCUT2D eigenvalue weighted by molar-refractivity contribution is -0.123. The van der Waals surface area contributed by atoms with Crippen LogP contribution in [-0.2, 0) is 9.53 Å². The molecular weight excluding hydrogens is 518 g/mol. The van der Waals surface area contributed by atoms with Crippen LogP contribution in [0.3, 0.4) is 0 Å². The summed E-state index contributed by atoms with van der Waals surface area (Å²) in [6.07, 6.45) is -1.10. The number of nitrogens with one attached hydrogen (secondary N) is 1. The van der Waals surface area contributed by atoms with E-state index in [1.54, 1.807) is 18.2 Å². The number of benzene rings is 4. The number of amides is 1. The molecule has 1 atom stereocenters. The highest BCUT2D eigenvalue weighted by atomic mass is 16.5. The fourth-order valence-corrected chi connectivity index (χ4v) is 4.23. The van der Waals surface area contributed by atoms with Gasteiger partial charge in [0.25, 0.3) is 5.91 Å². The Labute approximate surface area is 236 Å². The second-order valence-corrected chi connectivity index (χ2v) is 9.78. The molecule has 1 unspecified atom stereocenters. The van der Waals surface area contributed by atoms with E-state index >= 15 is 0 Å². The summed E-state index contributed by atoms with van der Waals surface area (Å²) in [5.74, 6) is -2.30. The lowest BCUT2D eigenvalue weighted by Gasteiger charge is -2.14. The highest BCUT2D eigenvalue weighted by molar-refractivity contribution is 5.99. The topological polar surface area (TPSA) is 118 Å². The summed E-state index contributed by atoms with van der Waals surface area (Å²) in [5.41, 5.74) is 7.36. The van der Waals surface area contributed by atoms with Crippen LogP contribution in [0.5, 0.6) is 0 Å². The van der Waals surface area contributed by atoms with Crippen LogP contribution in [-0.4, -0.2) is 39.0 Å². The molecular formula is C33H27N3O5. The van der Waals surface area contributed by atoms with Crippen LogP contribution in [0.15, 0.2) is 91.0 Å². The van der Waals surface area contributed by atoms with Gasteiger partial charge >= 0.3 is 11.9 Å². The average molecular weight is 546 g/mol. The number of carboxylic acid groups (broad SMARTS) is 1. The first-order chi connectivity index (χ1) is 19.7. The van der Waals surface area contributed by atoms with Crippen molar-refractivity contribution in [2.24, 2.45) is 0 Å². The first-order valence-electron chi connectivity index (χ1n) is 13.0. The van der Waals surface area contributed by atoms with Gasteiger partial charge in [-0.1, -0.05) is 59.7 Å². The van der Waals surface area contributed by atoms with Gasteiger partial charge in [0.05, 0.1) is 33.5 Å². The van der Waals surface area contributed by atoms with Crippen molar-refractivity contribution in [3.63, 3.8) is 0 Å². The zero-order valence-electron chi connectivity index (χ0n) is 22.7. The Balaban J connectivity index is 1.41. The Morgan fingerprint density at radius 3 is 1.76 bits per heavy atom. The van der Waals surface area contributed by atoms with Crippen molar-refractivity contribution in [3.05, 3.63) is 113 Å². The average Bonchev–Trinajstić information content (AvgIpc) is 2.97. The van der Waals surface area contributed by atoms with E-state index in [4.69, 9.17) is 19.8 Å². The van der Waals surface area contributed by atoms with Crippen molar-refractivity contribution >= 4 is 34.6 Å². The van der Waals surface area contributed by atoms with Crippen molar-refractivity contribution < 1.29 is 24.2 Å². The Hall–Kier alpha value is -5.37. The normalized spacial score (nSPS) is 11.6. The van der Waals surface area contributed by atoms with Crippen LogP contribution in [0.1, 0.15) is 38.8 Å². The molecule has 8 heteroatoms. The van der Waals surface area contributed by atoms with Gasteiger partial charge in [-0.05, 0) is 63.2 Å². The standard InChI is InChI=1S/C33H27N3O5/c1-19-4-8-22(9-5-19)29-30(23-10-6-20(2)7-11-23)36-28-18-25(14-17-27(28)35-29)33(40)41-21(3)31(37)34-26-15-12-24(13-16-26)32(38)39/h4-18,21H,1-3H3,(H,34,37)(H,38,39). The van der Waals surface area contributed by atoms with E-state index in [1.807, 2.05) is 62.4 Å². The number of anilines is 1. The van der Waals surface area contributed by atoms with E-state index in [-0.39, 0.29) is 11.1 Å². The molecule has 8 nitrogen and oxygen atoms in total. The zero-order chi connectivity index (χ0) is 29.1. The highest BCUT2D eigenvalue weighted by Gasteiger charge is 2.21. The van der Waals surface area contributed by atoms with Gasteiger partial charge in [0.1, 0.15) is 0 Å². The van der Waals surface area contributed by atoms with Crippen LogP contribution in [0.2, 0.25) is 0 Å². The molecule has 0 spiro atoms. The first kappa shape index (κ1) is 27.2. The molecule has 1 heterocycles. The fraction of sp³-hybridized carbons (Fsp3) is 0.121. The lowest BCUT2D eigenvalue weighted by atomic mass is 10.0. The summed E-state index contributed by atoms with van der Waals surface area (Å²) < 4.78 is 5.42. The number of hydrogen-bond acceptors (Lipinski definition) is 6. The maximum atomic E-state index is 13.0. The van der Waals surface area contributed by atoms with Crippen LogP contribution in [0, 0.1) is 13.8 Å². The number of nitrogens with zero attached hydrogens (tertiary/aromatic N) is 2. The number of hydrogen-bond donors (Lipinski definition) is 2. The Morgan fingerprint density at radius 1 is 0.707 bits per heavy atom. The van der Waals surface area contributed by atoms with Crippen LogP contribution in [0.25, 0.3) is 33.5 Å². The molecule has 0 bridgehead atoms. The van der Waals surface area contributed by atoms with Gasteiger partial charge < -0.3 is 15.2 Å². The van der Waals surface area contributed by atoms with Crippen LogP contribution >= 0.6 is 0 Å². The molecule has 0 saturated heterocycles. The van der Waals surface area contributed by atoms with Crippen LogP contribution < -0.4 is 5.32 Å². The first-order valence-corrected chi connectivity index (χ1v) is 13.0. The number of fused-ring (bicyclic) bond motifs is 1. The summed E-state index contributed by atoms with van der Waals surface area (Å²) >= 11 is 0. The van der Waals surface area contributed by atoms with Gasteiger partial charge in [0.2, 0.25) is 0 Å². The number of esters is 1. The van der Waals surface area contributed by atoms with E-state index in [0.717, 1.165) is 27.9 Å². The molecule has 5 rings (SSSR count). The Morgan fingerprint density at radius 2 is 1.22 bits per heavy atom. The summed E-state index contributed by atoms with van der Waals surface area (Å²) in [6, 6.07) is 26.7. The summed E-state index contributed by atoms with van der Waals surface area (Å²) in [5, 5.41) is 11.6. The third-order valence-corrected chi connectivity index (χ3v) is 6.60. The molecule has 0 aliphatic rings. The third kappa shape index (κ3) is 6.12. The molecule has 0 aliphatic heterocycles. The quantitative estimate of drug-likeness (QED) is 0.225. The van der Waals surface area contributed by atoms with Crippen molar-refractivity contribution in [3.8, 4) is 22.5 Å². The number of carbonyl (C=O) groups is 3. The number of carboxylic acids is 1. The molecule has 0 radical (unpaired) electrons. The van der Waals surface area contributed by atoms with Gasteiger partial charge in [0, 0.05) is 16.8 Å². The largest absolute Gasteiger partial charge is 0.478 e. The van der Waals surface area contributed by atoms with E-state index in [1.165, 1.54) is 31.2 Å². The van der Waals surface area contributed by atoms with Gasteiger partial charge in [-0.15, -0.1) is 0 Å². The molecule has 4 aromatic carbocycles. The molecule has 5 aromatic rings. The van der Waals surface area contributed by atoms with Crippen molar-refractivity contribution in [2.75, 3.05) is 5.32 Å². The van der Waals surface area contributed by atoms with E-state index in [2.05, 4.69) is 5.32 Å². The summed E-state index contributed by atoms with van der Waals surface area (Å²) in [6.45, 7) is 5.51. The second kappa shape index (κ2) is 11.4. The number of aryl methyl sites for hydroxylation is 2. The number of ether oxygens (including phenoxy) is 1. The minimum absolute atomic E-state index is 0.0957. The molecule has 1 aromatic heterocycles. The molecule has 204 valence electrons. The van der Waals surface area contributed by atoms with Crippen molar-refractivity contribution in [1.29, 1.82) is 0 Å². The minimum Gasteiger partial charge on any atom is -0.478 e. The van der Waals surface area contributed by atoms with Gasteiger partial charge in [-0.2, -0.15) is 0 Å². The number of rotatable bonds is 7. The van der Waals surface area contributed by atoms with Gasteiger partial charge in [-0.25, -0.2) is 19.6 Å². The third-order valence-electron chi connectivity index (χ3n) is 6.60. The summed E-state index contributed by atoms with van der Waals surface area (Å²) in [4.78, 5) is 46.4. The van der Waals surface area contributed by atoms with Crippen molar-refractivity contribution in [2.45, 2.75) is 26.9 Å². The van der Waals surface area contributed by atoms with E-state index in [0.29, 0.717) is 22.4 Å². The Bertz CT molecular complexity index is 1760. The van der Waals surface area contributed by atoms with Crippen LogP contribution in [0.4, 0.5) is 5.69 Å². The molecule has 2 N–H and O–H groups in total. The molecule has 0 fully saturated rings. The van der Waals surface area contributed by atoms with Gasteiger partial charge in [-0.3, -0.25) is 4.79 Å². The Kier molecular flexibility index (Phi) is 7.56.